The van der Waals surface area contributed by atoms with E-state index in [4.69, 9.17) is 5.26 Å². The van der Waals surface area contributed by atoms with Gasteiger partial charge < -0.3 is 9.80 Å². The first-order valence-electron chi connectivity index (χ1n) is 6.00. The summed E-state index contributed by atoms with van der Waals surface area (Å²) in [7, 11) is 4.14. The third-order valence-electron chi connectivity index (χ3n) is 2.84. The van der Waals surface area contributed by atoms with Crippen molar-refractivity contribution in [3.8, 4) is 6.07 Å². The summed E-state index contributed by atoms with van der Waals surface area (Å²) < 4.78 is 0. The topological polar surface area (TPSA) is 30.3 Å². The number of likely N-dealkylation sites (N-methyl/N-ethyl adjacent to an activating group) is 2. The summed E-state index contributed by atoms with van der Waals surface area (Å²) in [6.07, 6.45) is 0. The van der Waals surface area contributed by atoms with Crippen molar-refractivity contribution in [2.45, 2.75) is 19.9 Å². The van der Waals surface area contributed by atoms with Crippen LogP contribution in [0.4, 0.5) is 5.69 Å². The molecule has 0 N–H and O–H groups in total. The van der Waals surface area contributed by atoms with Crippen LogP contribution in [-0.2, 0) is 0 Å². The van der Waals surface area contributed by atoms with Crippen LogP contribution in [0.15, 0.2) is 24.3 Å². The largest absolute Gasteiger partial charge is 0.367 e. The normalized spacial score (nSPS) is 12.2. The monoisotopic (exact) mass is 231 g/mol. The molecule has 0 aliphatic heterocycles. The Bertz CT molecular complexity index is 393. The predicted octanol–water partition coefficient (Wildman–Crippen LogP) is 2.33. The fourth-order valence-electron chi connectivity index (χ4n) is 2.17. The van der Waals surface area contributed by atoms with Crippen molar-refractivity contribution in [3.05, 3.63) is 29.8 Å². The molecule has 0 aliphatic carbocycles. The summed E-state index contributed by atoms with van der Waals surface area (Å²) in [5.74, 6) is 0. The molecule has 1 atom stereocenters. The van der Waals surface area contributed by atoms with Crippen molar-refractivity contribution in [2.24, 2.45) is 0 Å². The van der Waals surface area contributed by atoms with Crippen molar-refractivity contribution in [3.63, 3.8) is 0 Å². The molecule has 0 aromatic heterocycles. The lowest BCUT2D eigenvalue weighted by Crippen LogP contribution is -2.40. The molecule has 0 amide bonds. The average molecular weight is 231 g/mol. The number of hydrogen-bond acceptors (Lipinski definition) is 3. The number of nitriles is 1. The summed E-state index contributed by atoms with van der Waals surface area (Å²) in [6.45, 7) is 6.21. The smallest absolute Gasteiger partial charge is 0.101 e. The molecule has 1 unspecified atom stereocenters. The molecule has 0 saturated heterocycles. The Kier molecular flexibility index (Phi) is 4.99. The van der Waals surface area contributed by atoms with Gasteiger partial charge in [0.05, 0.1) is 11.3 Å². The minimum Gasteiger partial charge on any atom is -0.367 e. The minimum atomic E-state index is 0.393. The second-order valence-electron chi connectivity index (χ2n) is 4.53. The Labute approximate surface area is 104 Å². The first-order chi connectivity index (χ1) is 8.10. The van der Waals surface area contributed by atoms with Crippen LogP contribution >= 0.6 is 0 Å². The van der Waals surface area contributed by atoms with E-state index in [1.807, 2.05) is 24.3 Å². The number of nitrogens with zero attached hydrogens (tertiary/aromatic N) is 3. The van der Waals surface area contributed by atoms with Crippen molar-refractivity contribution in [2.75, 3.05) is 32.1 Å². The highest BCUT2D eigenvalue weighted by Gasteiger charge is 2.16. The SMILES string of the molecule is CCN(c1ccccc1C#N)C(C)CN(C)C. The van der Waals surface area contributed by atoms with Gasteiger partial charge in [0.1, 0.15) is 6.07 Å². The highest BCUT2D eigenvalue weighted by atomic mass is 15.2. The highest BCUT2D eigenvalue weighted by Crippen LogP contribution is 2.21. The number of benzene rings is 1. The molecule has 92 valence electrons. The van der Waals surface area contributed by atoms with Gasteiger partial charge >= 0.3 is 0 Å². The maximum absolute atomic E-state index is 9.14. The van der Waals surface area contributed by atoms with E-state index in [1.165, 1.54) is 0 Å². The van der Waals surface area contributed by atoms with Crippen molar-refractivity contribution in [1.82, 2.24) is 4.90 Å². The van der Waals surface area contributed by atoms with E-state index in [0.29, 0.717) is 6.04 Å². The molecule has 0 bridgehead atoms. The van der Waals surface area contributed by atoms with Crippen molar-refractivity contribution < 1.29 is 0 Å². The maximum atomic E-state index is 9.14. The second kappa shape index (κ2) is 6.27. The second-order valence-corrected chi connectivity index (χ2v) is 4.53. The van der Waals surface area contributed by atoms with E-state index in [9.17, 15) is 0 Å². The molecule has 0 aliphatic rings. The summed E-state index contributed by atoms with van der Waals surface area (Å²) in [5.41, 5.74) is 1.78. The van der Waals surface area contributed by atoms with E-state index in [0.717, 1.165) is 24.3 Å². The highest BCUT2D eigenvalue weighted by molar-refractivity contribution is 5.59. The first kappa shape index (κ1) is 13.5. The molecule has 3 heteroatoms. The van der Waals surface area contributed by atoms with Gasteiger partial charge in [-0.2, -0.15) is 5.26 Å². The summed E-state index contributed by atoms with van der Waals surface area (Å²) >= 11 is 0. The van der Waals surface area contributed by atoms with Crippen molar-refractivity contribution >= 4 is 5.69 Å². The Balaban J connectivity index is 2.97. The van der Waals surface area contributed by atoms with Gasteiger partial charge in [0.2, 0.25) is 0 Å². The van der Waals surface area contributed by atoms with E-state index >= 15 is 0 Å². The van der Waals surface area contributed by atoms with E-state index < -0.39 is 0 Å². The van der Waals surface area contributed by atoms with Crippen LogP contribution in [0, 0.1) is 11.3 Å². The molecule has 0 fully saturated rings. The van der Waals surface area contributed by atoms with Crippen LogP contribution in [0.5, 0.6) is 0 Å². The molecule has 0 radical (unpaired) electrons. The standard InChI is InChI=1S/C14H21N3/c1-5-17(12(2)11-16(3)4)14-9-7-6-8-13(14)10-15/h6-9,12H,5,11H2,1-4H3. The average Bonchev–Trinajstić information content (AvgIpc) is 2.29. The number of hydrogen-bond donors (Lipinski definition) is 0. The number of rotatable bonds is 5. The van der Waals surface area contributed by atoms with Gasteiger partial charge in [-0.1, -0.05) is 12.1 Å². The van der Waals surface area contributed by atoms with Gasteiger partial charge in [-0.05, 0) is 40.1 Å². The molecule has 0 spiro atoms. The molecule has 0 saturated carbocycles. The van der Waals surface area contributed by atoms with E-state index in [-0.39, 0.29) is 0 Å². The molecule has 1 aromatic carbocycles. The fraction of sp³-hybridized carbons (Fsp3) is 0.500. The summed E-state index contributed by atoms with van der Waals surface area (Å²) in [4.78, 5) is 4.45. The van der Waals surface area contributed by atoms with Crippen LogP contribution in [0.3, 0.4) is 0 Å². The Morgan fingerprint density at radius 2 is 1.94 bits per heavy atom. The van der Waals surface area contributed by atoms with Crippen molar-refractivity contribution in [1.29, 1.82) is 5.26 Å². The molecular formula is C14H21N3. The van der Waals surface area contributed by atoms with Crippen LogP contribution in [0.1, 0.15) is 19.4 Å². The molecule has 17 heavy (non-hydrogen) atoms. The Hall–Kier alpha value is -1.53. The third-order valence-corrected chi connectivity index (χ3v) is 2.84. The zero-order valence-electron chi connectivity index (χ0n) is 11.1. The van der Waals surface area contributed by atoms with Crippen LogP contribution < -0.4 is 4.90 Å². The Morgan fingerprint density at radius 3 is 2.47 bits per heavy atom. The predicted molar refractivity (Wildman–Crippen MR) is 72.2 cm³/mol. The molecule has 1 aromatic rings. The van der Waals surface area contributed by atoms with Crippen LogP contribution in [-0.4, -0.2) is 38.1 Å². The van der Waals surface area contributed by atoms with Gasteiger partial charge in [-0.25, -0.2) is 0 Å². The fourth-order valence-corrected chi connectivity index (χ4v) is 2.17. The quantitative estimate of drug-likeness (QED) is 0.779. The third kappa shape index (κ3) is 3.47. The van der Waals surface area contributed by atoms with Gasteiger partial charge in [0.15, 0.2) is 0 Å². The summed E-state index contributed by atoms with van der Waals surface area (Å²) in [6, 6.07) is 10.5. The first-order valence-corrected chi connectivity index (χ1v) is 6.00. The van der Waals surface area contributed by atoms with Crippen LogP contribution in [0.25, 0.3) is 0 Å². The lowest BCUT2D eigenvalue weighted by molar-refractivity contribution is 0.373. The molecular weight excluding hydrogens is 210 g/mol. The number of para-hydroxylation sites is 1. The summed E-state index contributed by atoms with van der Waals surface area (Å²) in [5, 5.41) is 9.14. The van der Waals surface area contributed by atoms with E-state index in [1.54, 1.807) is 0 Å². The molecule has 1 rings (SSSR count). The van der Waals surface area contributed by atoms with Crippen LogP contribution in [0.2, 0.25) is 0 Å². The molecule has 0 heterocycles. The number of anilines is 1. The lowest BCUT2D eigenvalue weighted by atomic mass is 10.1. The lowest BCUT2D eigenvalue weighted by Gasteiger charge is -2.32. The van der Waals surface area contributed by atoms with Gasteiger partial charge in [0.25, 0.3) is 0 Å². The maximum Gasteiger partial charge on any atom is 0.101 e. The van der Waals surface area contributed by atoms with Gasteiger partial charge in [-0.3, -0.25) is 0 Å². The molecule has 3 nitrogen and oxygen atoms in total. The minimum absolute atomic E-state index is 0.393. The Morgan fingerprint density at radius 1 is 1.29 bits per heavy atom. The zero-order chi connectivity index (χ0) is 12.8. The van der Waals surface area contributed by atoms with Gasteiger partial charge in [-0.15, -0.1) is 0 Å². The van der Waals surface area contributed by atoms with Gasteiger partial charge in [0, 0.05) is 19.1 Å². The van der Waals surface area contributed by atoms with E-state index in [2.05, 4.69) is 43.8 Å². The zero-order valence-corrected chi connectivity index (χ0v) is 11.1.